The van der Waals surface area contributed by atoms with E-state index in [1.807, 2.05) is 25.2 Å². The van der Waals surface area contributed by atoms with Gasteiger partial charge in [0, 0.05) is 33.2 Å². The first-order chi connectivity index (χ1) is 9.28. The van der Waals surface area contributed by atoms with Crippen LogP contribution in [-0.4, -0.2) is 46.3 Å². The van der Waals surface area contributed by atoms with Crippen LogP contribution in [0.4, 0.5) is 5.69 Å². The third-order valence-electron chi connectivity index (χ3n) is 3.42. The molecule has 1 aliphatic heterocycles. The molecule has 0 aliphatic carbocycles. The quantitative estimate of drug-likeness (QED) is 0.632. The topological polar surface area (TPSA) is 48.9 Å². The summed E-state index contributed by atoms with van der Waals surface area (Å²) in [7, 11) is 5.38. The maximum Gasteiger partial charge on any atom is 0.190 e. The lowest BCUT2D eigenvalue weighted by molar-refractivity contribution is 0.415. The number of rotatable bonds is 3. The predicted octanol–water partition coefficient (Wildman–Crippen LogP) is 1.07. The highest BCUT2D eigenvalue weighted by Gasteiger charge is 2.24. The molecule has 1 saturated heterocycles. The Morgan fingerprint density at radius 1 is 1.42 bits per heavy atom. The van der Waals surface area contributed by atoms with Gasteiger partial charge in [0.15, 0.2) is 5.96 Å². The average molecular weight is 262 g/mol. The molecule has 0 bridgehead atoms. The van der Waals surface area contributed by atoms with Crippen LogP contribution >= 0.6 is 0 Å². The lowest BCUT2D eigenvalue weighted by Crippen LogP contribution is -2.43. The van der Waals surface area contributed by atoms with Crippen molar-refractivity contribution in [1.82, 2.24) is 10.6 Å². The first-order valence-electron chi connectivity index (χ1n) is 6.57. The molecule has 5 nitrogen and oxygen atoms in total. The van der Waals surface area contributed by atoms with Gasteiger partial charge >= 0.3 is 0 Å². The maximum absolute atomic E-state index is 5.42. The maximum atomic E-state index is 5.42. The van der Waals surface area contributed by atoms with E-state index in [0.29, 0.717) is 6.04 Å². The summed E-state index contributed by atoms with van der Waals surface area (Å²) in [6.07, 6.45) is 1.10. The number of nitrogens with zero attached hydrogens (tertiary/aromatic N) is 2. The van der Waals surface area contributed by atoms with Crippen molar-refractivity contribution in [2.75, 3.05) is 39.2 Å². The Morgan fingerprint density at radius 2 is 2.21 bits per heavy atom. The zero-order chi connectivity index (χ0) is 13.7. The van der Waals surface area contributed by atoms with Crippen molar-refractivity contribution in [3.8, 4) is 5.75 Å². The van der Waals surface area contributed by atoms with Gasteiger partial charge in [0.2, 0.25) is 0 Å². The highest BCUT2D eigenvalue weighted by atomic mass is 16.5. The number of ether oxygens (including phenoxy) is 1. The van der Waals surface area contributed by atoms with Crippen LogP contribution in [-0.2, 0) is 0 Å². The van der Waals surface area contributed by atoms with Crippen LogP contribution in [0.25, 0.3) is 0 Å². The van der Waals surface area contributed by atoms with E-state index in [-0.39, 0.29) is 0 Å². The molecule has 2 N–H and O–H groups in total. The SMILES string of the molecule is CN=C(NC)NC1CCN(c2ccccc2OC)C1. The molecule has 2 rings (SSSR count). The number of anilines is 1. The smallest absolute Gasteiger partial charge is 0.190 e. The van der Waals surface area contributed by atoms with E-state index in [1.165, 1.54) is 0 Å². The summed E-state index contributed by atoms with van der Waals surface area (Å²) in [4.78, 5) is 6.50. The largest absolute Gasteiger partial charge is 0.495 e. The second-order valence-corrected chi connectivity index (χ2v) is 4.57. The molecular weight excluding hydrogens is 240 g/mol. The summed E-state index contributed by atoms with van der Waals surface area (Å²) in [5.41, 5.74) is 1.16. The Labute approximate surface area is 114 Å². The van der Waals surface area contributed by atoms with Crippen molar-refractivity contribution in [2.45, 2.75) is 12.5 Å². The lowest BCUT2D eigenvalue weighted by Gasteiger charge is -2.21. The minimum absolute atomic E-state index is 0.413. The summed E-state index contributed by atoms with van der Waals surface area (Å²) in [6, 6.07) is 8.56. The third-order valence-corrected chi connectivity index (χ3v) is 3.42. The molecule has 1 aromatic carbocycles. The van der Waals surface area contributed by atoms with Crippen LogP contribution < -0.4 is 20.3 Å². The molecule has 0 radical (unpaired) electrons. The van der Waals surface area contributed by atoms with Gasteiger partial charge in [0.25, 0.3) is 0 Å². The van der Waals surface area contributed by atoms with E-state index in [2.05, 4.69) is 26.6 Å². The van der Waals surface area contributed by atoms with Gasteiger partial charge in [-0.3, -0.25) is 4.99 Å². The molecule has 0 amide bonds. The molecule has 0 spiro atoms. The highest BCUT2D eigenvalue weighted by Crippen LogP contribution is 2.30. The fraction of sp³-hybridized carbons (Fsp3) is 0.500. The number of benzene rings is 1. The van der Waals surface area contributed by atoms with Gasteiger partial charge in [-0.1, -0.05) is 12.1 Å². The Bertz CT molecular complexity index is 447. The van der Waals surface area contributed by atoms with E-state index in [0.717, 1.165) is 36.9 Å². The number of aliphatic imine (C=N–C) groups is 1. The molecule has 0 saturated carbocycles. The van der Waals surface area contributed by atoms with Crippen LogP contribution in [0.2, 0.25) is 0 Å². The van der Waals surface area contributed by atoms with E-state index in [4.69, 9.17) is 4.74 Å². The van der Waals surface area contributed by atoms with Crippen molar-refractivity contribution >= 4 is 11.6 Å². The number of hydrogen-bond acceptors (Lipinski definition) is 3. The summed E-state index contributed by atoms with van der Waals surface area (Å²) in [5, 5.41) is 6.46. The Morgan fingerprint density at radius 3 is 2.89 bits per heavy atom. The Kier molecular flexibility index (Phi) is 4.49. The number of methoxy groups -OCH3 is 1. The van der Waals surface area contributed by atoms with Crippen molar-refractivity contribution < 1.29 is 4.74 Å². The van der Waals surface area contributed by atoms with Crippen molar-refractivity contribution in [2.24, 2.45) is 4.99 Å². The highest BCUT2D eigenvalue weighted by molar-refractivity contribution is 5.79. The fourth-order valence-electron chi connectivity index (χ4n) is 2.43. The number of nitrogens with one attached hydrogen (secondary N) is 2. The molecule has 104 valence electrons. The minimum atomic E-state index is 0.413. The molecule has 1 heterocycles. The molecule has 1 atom stereocenters. The molecular formula is C14H22N4O. The fourth-order valence-corrected chi connectivity index (χ4v) is 2.43. The van der Waals surface area contributed by atoms with Gasteiger partial charge in [-0.25, -0.2) is 0 Å². The van der Waals surface area contributed by atoms with Crippen LogP contribution in [0, 0.1) is 0 Å². The second-order valence-electron chi connectivity index (χ2n) is 4.57. The summed E-state index contributed by atoms with van der Waals surface area (Å²) >= 11 is 0. The second kappa shape index (κ2) is 6.31. The number of para-hydroxylation sites is 2. The van der Waals surface area contributed by atoms with Crippen LogP contribution in [0.5, 0.6) is 5.75 Å². The molecule has 1 aliphatic rings. The normalized spacial score (nSPS) is 19.4. The minimum Gasteiger partial charge on any atom is -0.495 e. The monoisotopic (exact) mass is 262 g/mol. The first-order valence-corrected chi connectivity index (χ1v) is 6.57. The standard InChI is InChI=1S/C14H22N4O/c1-15-14(16-2)17-11-8-9-18(10-11)12-6-4-5-7-13(12)19-3/h4-7,11H,8-10H2,1-3H3,(H2,15,16,17). The summed E-state index contributed by atoms with van der Waals surface area (Å²) in [6.45, 7) is 1.99. The summed E-state index contributed by atoms with van der Waals surface area (Å²) in [5.74, 6) is 1.77. The van der Waals surface area contributed by atoms with Crippen LogP contribution in [0.1, 0.15) is 6.42 Å². The number of hydrogen-bond donors (Lipinski definition) is 2. The van der Waals surface area contributed by atoms with E-state index in [9.17, 15) is 0 Å². The van der Waals surface area contributed by atoms with Gasteiger partial charge in [-0.2, -0.15) is 0 Å². The predicted molar refractivity (Wildman–Crippen MR) is 79.2 cm³/mol. The molecule has 0 aromatic heterocycles. The Hall–Kier alpha value is -1.91. The first kappa shape index (κ1) is 13.5. The molecule has 1 unspecified atom stereocenters. The molecule has 1 fully saturated rings. The van der Waals surface area contributed by atoms with Crippen LogP contribution in [0.15, 0.2) is 29.3 Å². The zero-order valence-electron chi connectivity index (χ0n) is 11.8. The van der Waals surface area contributed by atoms with Gasteiger partial charge in [0.1, 0.15) is 5.75 Å². The summed E-state index contributed by atoms with van der Waals surface area (Å²) < 4.78 is 5.42. The van der Waals surface area contributed by atoms with Crippen molar-refractivity contribution in [1.29, 1.82) is 0 Å². The Balaban J connectivity index is 2.02. The van der Waals surface area contributed by atoms with Crippen molar-refractivity contribution in [3.05, 3.63) is 24.3 Å². The van der Waals surface area contributed by atoms with Gasteiger partial charge in [0.05, 0.1) is 12.8 Å². The third kappa shape index (κ3) is 3.10. The lowest BCUT2D eigenvalue weighted by atomic mass is 10.2. The molecule has 19 heavy (non-hydrogen) atoms. The van der Waals surface area contributed by atoms with E-state index in [1.54, 1.807) is 14.2 Å². The van der Waals surface area contributed by atoms with Gasteiger partial charge in [-0.15, -0.1) is 0 Å². The van der Waals surface area contributed by atoms with E-state index >= 15 is 0 Å². The zero-order valence-corrected chi connectivity index (χ0v) is 11.8. The molecule has 5 heteroatoms. The van der Waals surface area contributed by atoms with Crippen LogP contribution in [0.3, 0.4) is 0 Å². The molecule has 1 aromatic rings. The van der Waals surface area contributed by atoms with Gasteiger partial charge in [-0.05, 0) is 18.6 Å². The van der Waals surface area contributed by atoms with E-state index < -0.39 is 0 Å². The average Bonchev–Trinajstić information content (AvgIpc) is 2.93. The number of guanidine groups is 1. The van der Waals surface area contributed by atoms with Crippen molar-refractivity contribution in [3.63, 3.8) is 0 Å². The van der Waals surface area contributed by atoms with Gasteiger partial charge < -0.3 is 20.3 Å².